The van der Waals surface area contributed by atoms with E-state index in [4.69, 9.17) is 10.2 Å². The van der Waals surface area contributed by atoms with Crippen molar-refractivity contribution in [2.75, 3.05) is 38.4 Å². The standard InChI is InChI=1S/C20H28I3N3O10/c21-15-13(19(35)24-8(3-27)1-10(32)5-29)16(22)18(26-12(34)7-31)17(23)14(15)20(36)25-9(4-28)2-11(33)6-30/h8-11,27-33H,1-7H2,(H,24,35)(H,25,36)(H,26,34). The van der Waals surface area contributed by atoms with Crippen molar-refractivity contribution in [1.29, 1.82) is 0 Å². The highest BCUT2D eigenvalue weighted by atomic mass is 127. The molecule has 1 aromatic rings. The molecule has 0 aromatic heterocycles. The monoisotopic (exact) mass is 851 g/mol. The van der Waals surface area contributed by atoms with E-state index in [1.54, 1.807) is 67.8 Å². The molecule has 0 radical (unpaired) electrons. The van der Waals surface area contributed by atoms with Gasteiger partial charge < -0.3 is 51.7 Å². The Morgan fingerprint density at radius 3 is 1.36 bits per heavy atom. The fraction of sp³-hybridized carbons (Fsp3) is 0.550. The van der Waals surface area contributed by atoms with Crippen molar-refractivity contribution in [2.24, 2.45) is 0 Å². The molecule has 0 aliphatic rings. The van der Waals surface area contributed by atoms with Crippen LogP contribution in [0.2, 0.25) is 0 Å². The minimum atomic E-state index is -1.19. The van der Waals surface area contributed by atoms with Crippen molar-refractivity contribution in [1.82, 2.24) is 10.6 Å². The van der Waals surface area contributed by atoms with Crippen LogP contribution in [0.5, 0.6) is 0 Å². The number of rotatable bonds is 14. The van der Waals surface area contributed by atoms with Gasteiger partial charge in [-0.1, -0.05) is 0 Å². The second-order valence-electron chi connectivity index (χ2n) is 7.62. The molecule has 0 saturated heterocycles. The van der Waals surface area contributed by atoms with Crippen molar-refractivity contribution < 1.29 is 50.1 Å². The van der Waals surface area contributed by atoms with E-state index in [1.165, 1.54) is 0 Å². The SMILES string of the molecule is O=C(CO)Nc1c(I)c(C(=O)NC(CO)CC(O)CO)c(I)c(C(=O)NC(CO)CC(O)CO)c1I. The molecular formula is C20H28I3N3O10. The van der Waals surface area contributed by atoms with Crippen LogP contribution in [0, 0.1) is 10.7 Å². The molecule has 16 heteroatoms. The van der Waals surface area contributed by atoms with Crippen LogP contribution < -0.4 is 16.0 Å². The number of carbonyl (C=O) groups excluding carboxylic acids is 3. The van der Waals surface area contributed by atoms with Gasteiger partial charge in [0.15, 0.2) is 0 Å². The lowest BCUT2D eigenvalue weighted by Crippen LogP contribution is -2.43. The largest absolute Gasteiger partial charge is 0.394 e. The summed E-state index contributed by atoms with van der Waals surface area (Å²) in [4.78, 5) is 38.4. The zero-order valence-corrected chi connectivity index (χ0v) is 25.2. The number of amides is 3. The molecule has 3 amide bonds. The third-order valence-corrected chi connectivity index (χ3v) is 8.06. The van der Waals surface area contributed by atoms with E-state index in [0.29, 0.717) is 0 Å². The molecule has 10 N–H and O–H groups in total. The second kappa shape index (κ2) is 16.5. The number of halogens is 3. The predicted molar refractivity (Wildman–Crippen MR) is 152 cm³/mol. The minimum Gasteiger partial charge on any atom is -0.394 e. The highest BCUT2D eigenvalue weighted by molar-refractivity contribution is 14.1. The van der Waals surface area contributed by atoms with Gasteiger partial charge in [0.25, 0.3) is 11.8 Å². The van der Waals surface area contributed by atoms with Gasteiger partial charge in [-0.2, -0.15) is 0 Å². The third-order valence-electron chi connectivity index (χ3n) is 4.82. The lowest BCUT2D eigenvalue weighted by atomic mass is 10.0. The first-order valence-corrected chi connectivity index (χ1v) is 13.7. The second-order valence-corrected chi connectivity index (χ2v) is 10.9. The lowest BCUT2D eigenvalue weighted by Gasteiger charge is -2.24. The van der Waals surface area contributed by atoms with Gasteiger partial charge in [0, 0.05) is 3.57 Å². The van der Waals surface area contributed by atoms with Crippen molar-refractivity contribution >= 4 is 91.2 Å². The first-order chi connectivity index (χ1) is 16.9. The van der Waals surface area contributed by atoms with Crippen molar-refractivity contribution in [2.45, 2.75) is 37.1 Å². The summed E-state index contributed by atoms with van der Waals surface area (Å²) >= 11 is 5.35. The molecule has 4 unspecified atom stereocenters. The molecule has 0 aliphatic heterocycles. The first kappa shape index (κ1) is 33.6. The fourth-order valence-corrected chi connectivity index (χ4v) is 7.45. The van der Waals surface area contributed by atoms with E-state index in [2.05, 4.69) is 16.0 Å². The predicted octanol–water partition coefficient (Wildman–Crippen LogP) is -1.90. The van der Waals surface area contributed by atoms with E-state index in [-0.39, 0.29) is 40.4 Å². The van der Waals surface area contributed by atoms with Crippen LogP contribution in [0.25, 0.3) is 0 Å². The Hall–Kier alpha value is -0.460. The summed E-state index contributed by atoms with van der Waals surface area (Å²) in [5.74, 6) is -2.29. The number of nitrogens with one attached hydrogen (secondary N) is 3. The van der Waals surface area contributed by atoms with E-state index in [9.17, 15) is 39.9 Å². The molecule has 0 aliphatic carbocycles. The Balaban J connectivity index is 3.56. The van der Waals surface area contributed by atoms with Crippen molar-refractivity contribution in [3.8, 4) is 0 Å². The normalized spacial score (nSPS) is 14.5. The van der Waals surface area contributed by atoms with Crippen molar-refractivity contribution in [3.63, 3.8) is 0 Å². The van der Waals surface area contributed by atoms with Gasteiger partial charge in [0.1, 0.15) is 6.61 Å². The van der Waals surface area contributed by atoms with E-state index in [0.717, 1.165) is 0 Å². The maximum Gasteiger partial charge on any atom is 0.253 e. The Morgan fingerprint density at radius 2 is 1.06 bits per heavy atom. The molecule has 4 atom stereocenters. The number of carbonyl (C=O) groups is 3. The molecule has 0 saturated carbocycles. The van der Waals surface area contributed by atoms with E-state index < -0.39 is 75.0 Å². The number of hydrogen-bond donors (Lipinski definition) is 10. The summed E-state index contributed by atoms with van der Waals surface area (Å²) in [7, 11) is 0. The number of anilines is 1. The molecule has 13 nitrogen and oxygen atoms in total. The molecule has 204 valence electrons. The summed E-state index contributed by atoms with van der Waals surface area (Å²) in [5.41, 5.74) is -0.0105. The van der Waals surface area contributed by atoms with Gasteiger partial charge in [-0.25, -0.2) is 0 Å². The Bertz CT molecular complexity index is 876. The minimum absolute atomic E-state index is 0.0390. The summed E-state index contributed by atoms with van der Waals surface area (Å²) in [6, 6.07) is -1.87. The average Bonchev–Trinajstić information content (AvgIpc) is 2.84. The van der Waals surface area contributed by atoms with Crippen LogP contribution in [-0.4, -0.2) is 111 Å². The molecule has 0 bridgehead atoms. The molecule has 0 heterocycles. The number of aliphatic hydroxyl groups is 7. The summed E-state index contributed by atoms with van der Waals surface area (Å²) in [6.07, 6.45) is -2.68. The van der Waals surface area contributed by atoms with Crippen LogP contribution in [0.15, 0.2) is 0 Å². The van der Waals surface area contributed by atoms with Gasteiger partial charge in [-0.05, 0) is 80.6 Å². The first-order valence-electron chi connectivity index (χ1n) is 10.5. The molecule has 0 fully saturated rings. The van der Waals surface area contributed by atoms with Gasteiger partial charge in [0.05, 0.1) is 74.7 Å². The van der Waals surface area contributed by atoms with Crippen molar-refractivity contribution in [3.05, 3.63) is 21.8 Å². The summed E-state index contributed by atoms with van der Waals surface area (Å²) in [5, 5.41) is 73.3. The smallest absolute Gasteiger partial charge is 0.253 e. The number of aliphatic hydroxyl groups excluding tert-OH is 7. The lowest BCUT2D eigenvalue weighted by molar-refractivity contribution is -0.118. The zero-order valence-electron chi connectivity index (χ0n) is 18.7. The number of benzene rings is 1. The van der Waals surface area contributed by atoms with Crippen LogP contribution in [0.3, 0.4) is 0 Å². The molecule has 36 heavy (non-hydrogen) atoms. The van der Waals surface area contributed by atoms with Crippen LogP contribution in [-0.2, 0) is 4.79 Å². The molecule has 1 aromatic carbocycles. The Morgan fingerprint density at radius 1 is 0.667 bits per heavy atom. The summed E-state index contributed by atoms with van der Waals surface area (Å²) < 4.78 is 0.620. The van der Waals surface area contributed by atoms with Crippen LogP contribution >= 0.6 is 67.8 Å². The third kappa shape index (κ3) is 9.38. The van der Waals surface area contributed by atoms with E-state index in [1.807, 2.05) is 0 Å². The van der Waals surface area contributed by atoms with Gasteiger partial charge >= 0.3 is 0 Å². The van der Waals surface area contributed by atoms with Gasteiger partial charge in [-0.3, -0.25) is 14.4 Å². The topological polar surface area (TPSA) is 229 Å². The maximum atomic E-state index is 13.2. The Kier molecular flexibility index (Phi) is 15.4. The van der Waals surface area contributed by atoms with E-state index >= 15 is 0 Å². The highest BCUT2D eigenvalue weighted by Gasteiger charge is 2.30. The highest BCUT2D eigenvalue weighted by Crippen LogP contribution is 2.36. The summed E-state index contributed by atoms with van der Waals surface area (Å²) in [6.45, 7) is -3.12. The van der Waals surface area contributed by atoms with Crippen LogP contribution in [0.1, 0.15) is 33.6 Å². The van der Waals surface area contributed by atoms with Gasteiger partial charge in [0.2, 0.25) is 5.91 Å². The Labute approximate surface area is 247 Å². The fourth-order valence-electron chi connectivity index (χ4n) is 3.03. The molecule has 1 rings (SSSR count). The average molecular weight is 851 g/mol. The molecule has 0 spiro atoms. The quantitative estimate of drug-likeness (QED) is 0.0936. The zero-order chi connectivity index (χ0) is 27.6. The van der Waals surface area contributed by atoms with Crippen LogP contribution in [0.4, 0.5) is 5.69 Å². The number of hydrogen-bond acceptors (Lipinski definition) is 10. The maximum absolute atomic E-state index is 13.2. The van der Waals surface area contributed by atoms with Gasteiger partial charge in [-0.15, -0.1) is 0 Å². The molecular weight excluding hydrogens is 823 g/mol.